The van der Waals surface area contributed by atoms with Gasteiger partial charge in [0.15, 0.2) is 0 Å². The number of halogens is 1. The third-order valence-corrected chi connectivity index (χ3v) is 4.18. The summed E-state index contributed by atoms with van der Waals surface area (Å²) in [6, 6.07) is 1.16. The second-order valence-corrected chi connectivity index (χ2v) is 5.99. The van der Waals surface area contributed by atoms with E-state index in [1.54, 1.807) is 0 Å². The molecule has 0 bridgehead atoms. The van der Waals surface area contributed by atoms with E-state index in [-0.39, 0.29) is 16.4 Å². The molecule has 6 nitrogen and oxygen atoms in total. The minimum Gasteiger partial charge on any atom is -0.352 e. The molecule has 2 rings (SSSR count). The van der Waals surface area contributed by atoms with Crippen LogP contribution in [0.2, 0.25) is 5.15 Å². The molecule has 1 aliphatic rings. The molecule has 21 heavy (non-hydrogen) atoms. The number of hydrogen-bond acceptors (Lipinski definition) is 4. The number of nitro groups is 1. The molecule has 7 heteroatoms. The minimum absolute atomic E-state index is 0.0184. The largest absolute Gasteiger partial charge is 0.352 e. The number of aromatic nitrogens is 1. The Labute approximate surface area is 128 Å². The molecule has 2 unspecified atom stereocenters. The molecule has 0 aromatic carbocycles. The van der Waals surface area contributed by atoms with Gasteiger partial charge in [-0.05, 0) is 24.7 Å². The van der Waals surface area contributed by atoms with Crippen molar-refractivity contribution in [3.8, 4) is 0 Å². The van der Waals surface area contributed by atoms with Crippen LogP contribution < -0.4 is 5.32 Å². The molecule has 0 spiro atoms. The number of rotatable bonds is 4. The van der Waals surface area contributed by atoms with Crippen LogP contribution in [0.15, 0.2) is 12.3 Å². The van der Waals surface area contributed by atoms with Gasteiger partial charge in [-0.3, -0.25) is 14.9 Å². The van der Waals surface area contributed by atoms with Crippen LogP contribution in [0.1, 0.15) is 43.0 Å². The second-order valence-electron chi connectivity index (χ2n) is 5.64. The number of carbonyl (C=O) groups is 1. The van der Waals surface area contributed by atoms with Crippen LogP contribution >= 0.6 is 11.6 Å². The quantitative estimate of drug-likeness (QED) is 0.525. The van der Waals surface area contributed by atoms with Gasteiger partial charge in [0.25, 0.3) is 11.6 Å². The minimum atomic E-state index is -0.594. The second kappa shape index (κ2) is 6.85. The van der Waals surface area contributed by atoms with Gasteiger partial charge in [-0.2, -0.15) is 0 Å². The van der Waals surface area contributed by atoms with E-state index in [4.69, 9.17) is 11.6 Å². The first-order valence-electron chi connectivity index (χ1n) is 7.05. The first kappa shape index (κ1) is 15.7. The van der Waals surface area contributed by atoms with Crippen LogP contribution in [0.4, 0.5) is 5.69 Å². The van der Waals surface area contributed by atoms with Gasteiger partial charge >= 0.3 is 0 Å². The van der Waals surface area contributed by atoms with Gasteiger partial charge in [0.05, 0.1) is 10.5 Å². The molecule has 0 radical (unpaired) electrons. The summed E-state index contributed by atoms with van der Waals surface area (Å²) in [5, 5.41) is 13.5. The van der Waals surface area contributed by atoms with Gasteiger partial charge in [-0.1, -0.05) is 31.4 Å². The maximum Gasteiger partial charge on any atom is 0.288 e. The number of carbonyl (C=O) groups excluding carboxylic acids is 1. The van der Waals surface area contributed by atoms with Crippen molar-refractivity contribution in [2.75, 3.05) is 6.54 Å². The van der Waals surface area contributed by atoms with Crippen LogP contribution in [0, 0.1) is 22.0 Å². The van der Waals surface area contributed by atoms with Crippen LogP contribution in [0.5, 0.6) is 0 Å². The van der Waals surface area contributed by atoms with Gasteiger partial charge in [0.2, 0.25) is 0 Å². The smallest absolute Gasteiger partial charge is 0.288 e. The highest BCUT2D eigenvalue weighted by atomic mass is 35.5. The van der Waals surface area contributed by atoms with E-state index >= 15 is 0 Å². The molecule has 1 aromatic heterocycles. The molecule has 0 saturated heterocycles. The van der Waals surface area contributed by atoms with E-state index in [0.717, 1.165) is 25.1 Å². The Morgan fingerprint density at radius 2 is 2.33 bits per heavy atom. The summed E-state index contributed by atoms with van der Waals surface area (Å²) in [6.45, 7) is 2.79. The number of hydrogen-bond donors (Lipinski definition) is 1. The summed E-state index contributed by atoms with van der Waals surface area (Å²) in [5.74, 6) is 0.737. The SMILES string of the molecule is CC1CCCC(CNC(=O)c2cc([N+](=O)[O-])cnc2Cl)C1. The first-order chi connectivity index (χ1) is 9.97. The molecule has 1 fully saturated rings. The Morgan fingerprint density at radius 3 is 3.00 bits per heavy atom. The zero-order valence-electron chi connectivity index (χ0n) is 11.8. The fourth-order valence-corrected chi connectivity index (χ4v) is 2.96. The van der Waals surface area contributed by atoms with Crippen molar-refractivity contribution in [3.05, 3.63) is 33.1 Å². The Balaban J connectivity index is 1.99. The number of amides is 1. The van der Waals surface area contributed by atoms with E-state index in [9.17, 15) is 14.9 Å². The maximum absolute atomic E-state index is 12.1. The lowest BCUT2D eigenvalue weighted by Gasteiger charge is -2.26. The highest BCUT2D eigenvalue weighted by Gasteiger charge is 2.21. The highest BCUT2D eigenvalue weighted by Crippen LogP contribution is 2.28. The summed E-state index contributed by atoms with van der Waals surface area (Å²) in [6.07, 6.45) is 5.67. The third-order valence-electron chi connectivity index (χ3n) is 3.88. The number of pyridine rings is 1. The van der Waals surface area contributed by atoms with Gasteiger partial charge in [-0.15, -0.1) is 0 Å². The number of nitrogens with zero attached hydrogens (tertiary/aromatic N) is 2. The highest BCUT2D eigenvalue weighted by molar-refractivity contribution is 6.32. The summed E-state index contributed by atoms with van der Waals surface area (Å²) < 4.78 is 0. The van der Waals surface area contributed by atoms with Crippen LogP contribution in [-0.2, 0) is 0 Å². The monoisotopic (exact) mass is 311 g/mol. The lowest BCUT2D eigenvalue weighted by atomic mass is 9.82. The molecule has 114 valence electrons. The Bertz CT molecular complexity index is 550. The van der Waals surface area contributed by atoms with Crippen molar-refractivity contribution in [3.63, 3.8) is 0 Å². The first-order valence-corrected chi connectivity index (χ1v) is 7.43. The fraction of sp³-hybridized carbons (Fsp3) is 0.571. The van der Waals surface area contributed by atoms with Crippen molar-refractivity contribution >= 4 is 23.2 Å². The van der Waals surface area contributed by atoms with Crippen LogP contribution in [0.25, 0.3) is 0 Å². The predicted molar refractivity (Wildman–Crippen MR) is 79.4 cm³/mol. The van der Waals surface area contributed by atoms with E-state index in [1.807, 2.05) is 0 Å². The molecular formula is C14H18ClN3O3. The van der Waals surface area contributed by atoms with Crippen molar-refractivity contribution in [1.29, 1.82) is 0 Å². The fourth-order valence-electron chi connectivity index (χ4n) is 2.77. The molecule has 1 heterocycles. The molecular weight excluding hydrogens is 294 g/mol. The zero-order valence-corrected chi connectivity index (χ0v) is 12.6. The predicted octanol–water partition coefficient (Wildman–Crippen LogP) is 3.20. The average Bonchev–Trinajstić information content (AvgIpc) is 2.45. The van der Waals surface area contributed by atoms with Crippen molar-refractivity contribution in [2.45, 2.75) is 32.6 Å². The topological polar surface area (TPSA) is 85.1 Å². The Hall–Kier alpha value is -1.69. The van der Waals surface area contributed by atoms with Crippen molar-refractivity contribution in [1.82, 2.24) is 10.3 Å². The van der Waals surface area contributed by atoms with E-state index in [0.29, 0.717) is 18.4 Å². The van der Waals surface area contributed by atoms with E-state index < -0.39 is 10.8 Å². The lowest BCUT2D eigenvalue weighted by Crippen LogP contribution is -2.31. The van der Waals surface area contributed by atoms with E-state index in [2.05, 4.69) is 17.2 Å². The standard InChI is InChI=1S/C14H18ClN3O3/c1-9-3-2-4-10(5-9)7-17-14(19)12-6-11(18(20)21)8-16-13(12)15/h6,8-10H,2-5,7H2,1H3,(H,17,19). The van der Waals surface area contributed by atoms with Crippen LogP contribution in [-0.4, -0.2) is 22.4 Å². The average molecular weight is 312 g/mol. The summed E-state index contributed by atoms with van der Waals surface area (Å²) in [4.78, 5) is 25.9. The number of nitrogens with one attached hydrogen (secondary N) is 1. The molecule has 1 saturated carbocycles. The normalized spacial score (nSPS) is 21.8. The molecule has 1 N–H and O–H groups in total. The van der Waals surface area contributed by atoms with Crippen molar-refractivity contribution in [2.24, 2.45) is 11.8 Å². The van der Waals surface area contributed by atoms with Gasteiger partial charge < -0.3 is 5.32 Å². The molecule has 1 amide bonds. The Kier molecular flexibility index (Phi) is 5.12. The maximum atomic E-state index is 12.1. The third kappa shape index (κ3) is 4.14. The summed E-state index contributed by atoms with van der Waals surface area (Å²) in [5.41, 5.74) is -0.189. The summed E-state index contributed by atoms with van der Waals surface area (Å²) in [7, 11) is 0. The zero-order chi connectivity index (χ0) is 15.4. The molecule has 1 aliphatic carbocycles. The molecule has 0 aliphatic heterocycles. The summed E-state index contributed by atoms with van der Waals surface area (Å²) >= 11 is 5.85. The van der Waals surface area contributed by atoms with Crippen molar-refractivity contribution < 1.29 is 9.72 Å². The van der Waals surface area contributed by atoms with Gasteiger partial charge in [0.1, 0.15) is 11.3 Å². The van der Waals surface area contributed by atoms with E-state index in [1.165, 1.54) is 12.8 Å². The molecule has 1 aromatic rings. The van der Waals surface area contributed by atoms with Gasteiger partial charge in [0, 0.05) is 12.6 Å². The Morgan fingerprint density at radius 1 is 1.57 bits per heavy atom. The molecule has 2 atom stereocenters. The lowest BCUT2D eigenvalue weighted by molar-refractivity contribution is -0.385. The van der Waals surface area contributed by atoms with Gasteiger partial charge in [-0.25, -0.2) is 4.98 Å². The van der Waals surface area contributed by atoms with Crippen LogP contribution in [0.3, 0.4) is 0 Å².